The summed E-state index contributed by atoms with van der Waals surface area (Å²) in [5.41, 5.74) is 0.331. The number of nitrogens with one attached hydrogen (secondary N) is 2. The highest BCUT2D eigenvalue weighted by molar-refractivity contribution is 7.91. The van der Waals surface area contributed by atoms with Crippen LogP contribution in [0.1, 0.15) is 71.3 Å². The van der Waals surface area contributed by atoms with Gasteiger partial charge in [0.1, 0.15) is 29.2 Å². The highest BCUT2D eigenvalue weighted by Gasteiger charge is 2.62. The molecule has 2 aliphatic carbocycles. The van der Waals surface area contributed by atoms with E-state index in [2.05, 4.69) is 16.6 Å². The molecular weight excluding hydrogens is 828 g/mol. The lowest BCUT2D eigenvalue weighted by Crippen LogP contribution is -2.57. The first kappa shape index (κ1) is 44.9. The van der Waals surface area contributed by atoms with Gasteiger partial charge >= 0.3 is 6.18 Å². The van der Waals surface area contributed by atoms with Crippen LogP contribution >= 0.6 is 0 Å². The Kier molecular flexibility index (Phi) is 12.2. The van der Waals surface area contributed by atoms with Crippen LogP contribution in [0.3, 0.4) is 0 Å². The Morgan fingerprint density at radius 2 is 1.69 bits per heavy atom. The summed E-state index contributed by atoms with van der Waals surface area (Å²) in [4.78, 5) is 64.7. The fourth-order valence-corrected chi connectivity index (χ4v) is 10.1. The third-order valence-corrected chi connectivity index (χ3v) is 14.7. The van der Waals surface area contributed by atoms with Gasteiger partial charge in [0.2, 0.25) is 27.7 Å². The molecule has 4 fully saturated rings. The van der Waals surface area contributed by atoms with Crippen molar-refractivity contribution in [3.8, 4) is 22.8 Å². The number of piperidine rings is 1. The average molecular weight is 882 g/mol. The molecule has 4 aliphatic rings. The SMILES string of the molecule is C=CC1C[C@]1(NC(=O)[C@@H]1C[C@@H](Oc2cc(-c3ccccc3)nc3c(C)c(OC)ccc23)CN1C(=O)[C@@H](CC(=O)N1CCC(C(F)(F)F)CC1)C(C)(C)C)C(=O)NS(=O)(=O)C1CC1. The van der Waals surface area contributed by atoms with Crippen molar-refractivity contribution in [3.05, 3.63) is 66.7 Å². The minimum Gasteiger partial charge on any atom is -0.496 e. The summed E-state index contributed by atoms with van der Waals surface area (Å²) < 4.78 is 80.5. The molecule has 3 aromatic rings. The number of alkyl halides is 3. The first-order chi connectivity index (χ1) is 29.2. The van der Waals surface area contributed by atoms with Gasteiger partial charge < -0.3 is 24.6 Å². The van der Waals surface area contributed by atoms with Crippen LogP contribution in [0.2, 0.25) is 0 Å². The topological polar surface area (TPSA) is 164 Å². The van der Waals surface area contributed by atoms with Gasteiger partial charge in [-0.2, -0.15) is 13.2 Å². The molecule has 7 rings (SSSR count). The van der Waals surface area contributed by atoms with Crippen LogP contribution in [0.25, 0.3) is 22.2 Å². The number of amides is 4. The summed E-state index contributed by atoms with van der Waals surface area (Å²) >= 11 is 0. The summed E-state index contributed by atoms with van der Waals surface area (Å²) in [5.74, 6) is -4.67. The Balaban J connectivity index is 1.21. The summed E-state index contributed by atoms with van der Waals surface area (Å²) in [5, 5.41) is 2.77. The molecule has 334 valence electrons. The quantitative estimate of drug-likeness (QED) is 0.194. The van der Waals surface area contributed by atoms with Crippen LogP contribution in [0.5, 0.6) is 11.5 Å². The summed E-state index contributed by atoms with van der Waals surface area (Å²) in [6.07, 6.45) is -3.57. The Bertz CT molecular complexity index is 2360. The molecule has 62 heavy (non-hydrogen) atoms. The van der Waals surface area contributed by atoms with E-state index in [0.29, 0.717) is 40.9 Å². The van der Waals surface area contributed by atoms with Gasteiger partial charge in [0.15, 0.2) is 0 Å². The van der Waals surface area contributed by atoms with Gasteiger partial charge in [-0.05, 0) is 56.6 Å². The Morgan fingerprint density at radius 1 is 1.02 bits per heavy atom. The molecule has 2 saturated heterocycles. The van der Waals surface area contributed by atoms with Crippen molar-refractivity contribution in [1.82, 2.24) is 24.8 Å². The lowest BCUT2D eigenvalue weighted by Gasteiger charge is -2.37. The fourth-order valence-electron chi connectivity index (χ4n) is 8.75. The molecule has 5 atom stereocenters. The highest BCUT2D eigenvalue weighted by Crippen LogP contribution is 2.46. The van der Waals surface area contributed by atoms with Crippen LogP contribution in [-0.4, -0.2) is 103 Å². The molecule has 1 unspecified atom stereocenters. The van der Waals surface area contributed by atoms with Crippen LogP contribution in [0.15, 0.2) is 61.2 Å². The number of hydrogen-bond donors (Lipinski definition) is 2. The van der Waals surface area contributed by atoms with E-state index in [0.717, 1.165) is 11.1 Å². The first-order valence-corrected chi connectivity index (χ1v) is 22.6. The van der Waals surface area contributed by atoms with Gasteiger partial charge in [-0.3, -0.25) is 23.9 Å². The van der Waals surface area contributed by atoms with Crippen LogP contribution in [0.4, 0.5) is 13.2 Å². The molecule has 4 amide bonds. The van der Waals surface area contributed by atoms with Gasteiger partial charge in [0.05, 0.1) is 42.0 Å². The number of pyridine rings is 1. The minimum absolute atomic E-state index is 0.0379. The van der Waals surface area contributed by atoms with E-state index in [4.69, 9.17) is 14.5 Å². The number of ether oxygens (including phenoxy) is 2. The number of hydrogen-bond acceptors (Lipinski definition) is 9. The van der Waals surface area contributed by atoms with E-state index >= 15 is 0 Å². The lowest BCUT2D eigenvalue weighted by molar-refractivity contribution is -0.186. The largest absolute Gasteiger partial charge is 0.496 e. The van der Waals surface area contributed by atoms with Crippen LogP contribution in [0, 0.1) is 30.1 Å². The third-order valence-electron chi connectivity index (χ3n) is 12.9. The summed E-state index contributed by atoms with van der Waals surface area (Å²) in [6.45, 7) is 10.7. The maximum Gasteiger partial charge on any atom is 0.391 e. The number of nitrogens with zero attached hydrogens (tertiary/aromatic N) is 3. The molecule has 0 spiro atoms. The van der Waals surface area contributed by atoms with Gasteiger partial charge in [-0.25, -0.2) is 13.4 Å². The van der Waals surface area contributed by atoms with Crippen molar-refractivity contribution in [3.63, 3.8) is 0 Å². The first-order valence-electron chi connectivity index (χ1n) is 21.0. The van der Waals surface area contributed by atoms with E-state index in [9.17, 15) is 40.8 Å². The van der Waals surface area contributed by atoms with E-state index in [1.165, 1.54) is 15.9 Å². The molecule has 2 aromatic carbocycles. The number of sulfonamides is 1. The lowest BCUT2D eigenvalue weighted by atomic mass is 9.77. The number of aromatic nitrogens is 1. The van der Waals surface area contributed by atoms with Crippen molar-refractivity contribution in [2.75, 3.05) is 26.7 Å². The second kappa shape index (κ2) is 16.8. The number of halogens is 3. The zero-order valence-electron chi connectivity index (χ0n) is 35.6. The van der Waals surface area contributed by atoms with Crippen molar-refractivity contribution >= 4 is 44.6 Å². The molecule has 3 heterocycles. The molecular formula is C45H54F3N5O8S. The Hall–Kier alpha value is -5.19. The number of carbonyl (C=O) groups is 4. The normalized spacial score (nSPS) is 23.7. The van der Waals surface area contributed by atoms with Crippen molar-refractivity contribution in [1.29, 1.82) is 0 Å². The summed E-state index contributed by atoms with van der Waals surface area (Å²) in [7, 11) is -2.40. The monoisotopic (exact) mass is 881 g/mol. The number of likely N-dealkylation sites (tertiary alicyclic amines) is 2. The van der Waals surface area contributed by atoms with Crippen LogP contribution < -0.4 is 19.5 Å². The van der Waals surface area contributed by atoms with Gasteiger partial charge in [0.25, 0.3) is 5.91 Å². The van der Waals surface area contributed by atoms with Crippen LogP contribution in [-0.2, 0) is 29.2 Å². The zero-order chi connectivity index (χ0) is 44.9. The van der Waals surface area contributed by atoms with E-state index < -0.39 is 85.9 Å². The average Bonchev–Trinajstić information content (AvgIpc) is 4.16. The number of benzene rings is 2. The molecule has 2 N–H and O–H groups in total. The van der Waals surface area contributed by atoms with Crippen molar-refractivity contribution in [2.24, 2.45) is 23.2 Å². The smallest absolute Gasteiger partial charge is 0.391 e. The molecule has 2 aliphatic heterocycles. The van der Waals surface area contributed by atoms with Gasteiger partial charge in [0, 0.05) is 54.4 Å². The standard InChI is InChI=1S/C45H54F3N5O8S/c1-7-28-24-44(28,42(57)51-62(58,59)31-13-14-31)50-40(55)35-21-30(61-37-23-34(27-11-9-8-10-12-27)49-39-26(2)36(60-6)16-15-32(37)39)25-53(35)41(56)33(43(3,4)5)22-38(54)52-19-17-29(18-20-52)45(46,47)48/h7-12,15-16,23,28-31,33,35H,1,13-14,17-22,24-25H2,2-6H3,(H,50,55)(H,51,57)/t28?,30-,33-,35+,44-/m1/s1. The molecule has 0 bridgehead atoms. The van der Waals surface area contributed by atoms with E-state index in [1.807, 2.05) is 43.3 Å². The van der Waals surface area contributed by atoms with Crippen molar-refractivity contribution in [2.45, 2.75) is 102 Å². The molecule has 13 nitrogen and oxygen atoms in total. The fraction of sp³-hybridized carbons (Fsp3) is 0.533. The molecule has 0 radical (unpaired) electrons. The second-order valence-corrected chi connectivity index (χ2v) is 20.1. The highest BCUT2D eigenvalue weighted by atomic mass is 32.2. The molecule has 2 saturated carbocycles. The number of rotatable bonds is 13. The third kappa shape index (κ3) is 9.13. The number of carbonyl (C=O) groups excluding carboxylic acids is 4. The summed E-state index contributed by atoms with van der Waals surface area (Å²) in [6, 6.07) is 13.7. The predicted molar refractivity (Wildman–Crippen MR) is 225 cm³/mol. The maximum atomic E-state index is 15.0. The van der Waals surface area contributed by atoms with E-state index in [-0.39, 0.29) is 51.7 Å². The zero-order valence-corrected chi connectivity index (χ0v) is 36.4. The maximum absolute atomic E-state index is 15.0. The Labute approximate surface area is 359 Å². The van der Waals surface area contributed by atoms with Gasteiger partial charge in [-0.1, -0.05) is 57.2 Å². The van der Waals surface area contributed by atoms with E-state index in [1.54, 1.807) is 40.0 Å². The predicted octanol–water partition coefficient (Wildman–Crippen LogP) is 6.09. The molecule has 1 aromatic heterocycles. The Morgan fingerprint density at radius 3 is 2.27 bits per heavy atom. The number of methoxy groups -OCH3 is 1. The second-order valence-electron chi connectivity index (χ2n) is 18.1. The minimum atomic E-state index is -4.36. The van der Waals surface area contributed by atoms with Crippen molar-refractivity contribution < 1.29 is 50.2 Å². The van der Waals surface area contributed by atoms with Gasteiger partial charge in [-0.15, -0.1) is 6.58 Å². The number of aryl methyl sites for hydroxylation is 1. The number of fused-ring (bicyclic) bond motifs is 1. The molecule has 17 heteroatoms.